The van der Waals surface area contributed by atoms with Crippen molar-refractivity contribution in [3.05, 3.63) is 71.4 Å². The molecule has 0 radical (unpaired) electrons. The maximum Gasteiger partial charge on any atom is 0.255 e. The molecule has 1 amide bonds. The minimum absolute atomic E-state index is 0.105. The summed E-state index contributed by atoms with van der Waals surface area (Å²) in [6, 6.07) is 14.0. The summed E-state index contributed by atoms with van der Waals surface area (Å²) < 4.78 is 12.0. The average molecular weight is 601 g/mol. The number of aromatic nitrogens is 3. The Morgan fingerprint density at radius 1 is 1.18 bits per heavy atom. The molecule has 0 saturated heterocycles. The van der Waals surface area contributed by atoms with Crippen LogP contribution in [0.3, 0.4) is 0 Å². The topological polar surface area (TPSA) is 124 Å². The average Bonchev–Trinajstić information content (AvgIpc) is 3.33. The summed E-state index contributed by atoms with van der Waals surface area (Å²) in [5.41, 5.74) is 8.92. The third-order valence-electron chi connectivity index (χ3n) is 9.36. The van der Waals surface area contributed by atoms with E-state index in [0.29, 0.717) is 42.8 Å². The van der Waals surface area contributed by atoms with Crippen LogP contribution in [0.2, 0.25) is 0 Å². The number of nitrogens with two attached hydrogens (primary N) is 1. The number of fused-ring (bicyclic) bond motifs is 1. The standard InChI is InChI=1S/C35H45N5O4/c1-6-7-11-28-20-27-10-8-9-12-29(27)33(38-28)43-18-17-40(4,5)31-16-14-25(21-35(31,42)34(36)41)19-26-13-15-30(37-22-26)32-23(2)39-44-24(32)3/h8-10,12-13,15,20,22,25,31,42H,6-7,11,14,16-19,21H2,1-5H3,(H-,36,41)/p+1/t25?,31-,35-/m0/s1. The van der Waals surface area contributed by atoms with Crippen LogP contribution in [-0.4, -0.2) is 69.5 Å². The lowest BCUT2D eigenvalue weighted by molar-refractivity contribution is -0.922. The highest BCUT2D eigenvalue weighted by molar-refractivity contribution is 5.87. The number of nitrogens with zero attached hydrogens (tertiary/aromatic N) is 4. The molecule has 3 heterocycles. The monoisotopic (exact) mass is 600 g/mol. The van der Waals surface area contributed by atoms with Gasteiger partial charge < -0.3 is 24.6 Å². The van der Waals surface area contributed by atoms with Crippen LogP contribution in [0.1, 0.15) is 61.7 Å². The predicted octanol–water partition coefficient (Wildman–Crippen LogP) is 5.33. The van der Waals surface area contributed by atoms with Crippen LogP contribution in [0.4, 0.5) is 0 Å². The number of quaternary nitrogens is 1. The second kappa shape index (κ2) is 13.0. The number of unbranched alkanes of at least 4 members (excludes halogenated alkanes) is 1. The van der Waals surface area contributed by atoms with Crippen LogP contribution in [-0.2, 0) is 17.6 Å². The minimum Gasteiger partial charge on any atom is -0.471 e. The number of hydrogen-bond acceptors (Lipinski definition) is 7. The molecule has 0 bridgehead atoms. The maximum atomic E-state index is 12.8. The Bertz CT molecular complexity index is 1580. The van der Waals surface area contributed by atoms with Crippen molar-refractivity contribution < 1.29 is 23.6 Å². The number of aliphatic hydroxyl groups is 1. The van der Waals surface area contributed by atoms with Crippen molar-refractivity contribution in [1.29, 1.82) is 0 Å². The molecule has 9 heteroatoms. The molecule has 1 unspecified atom stereocenters. The molecule has 1 aromatic carbocycles. The molecule has 0 aliphatic heterocycles. The summed E-state index contributed by atoms with van der Waals surface area (Å²) in [6.45, 7) is 6.95. The molecule has 44 heavy (non-hydrogen) atoms. The molecule has 3 atom stereocenters. The first-order valence-corrected chi connectivity index (χ1v) is 15.8. The lowest BCUT2D eigenvalue weighted by Gasteiger charge is -2.49. The first-order valence-electron chi connectivity index (χ1n) is 15.8. The van der Waals surface area contributed by atoms with Crippen molar-refractivity contribution >= 4 is 16.7 Å². The van der Waals surface area contributed by atoms with Gasteiger partial charge in [0.1, 0.15) is 25.0 Å². The van der Waals surface area contributed by atoms with E-state index in [4.69, 9.17) is 20.0 Å². The molecule has 3 N–H and O–H groups in total. The van der Waals surface area contributed by atoms with Gasteiger partial charge in [0.15, 0.2) is 5.60 Å². The predicted molar refractivity (Wildman–Crippen MR) is 171 cm³/mol. The Balaban J connectivity index is 1.25. The number of ether oxygens (including phenoxy) is 1. The lowest BCUT2D eigenvalue weighted by atomic mass is 9.71. The van der Waals surface area contributed by atoms with Gasteiger partial charge in [-0.25, -0.2) is 4.98 Å². The molecule has 1 aliphatic carbocycles. The molecule has 4 aromatic rings. The number of rotatable bonds is 12. The Morgan fingerprint density at radius 3 is 2.66 bits per heavy atom. The molecule has 1 saturated carbocycles. The van der Waals surface area contributed by atoms with Crippen molar-refractivity contribution in [2.24, 2.45) is 11.7 Å². The maximum absolute atomic E-state index is 12.8. The van der Waals surface area contributed by atoms with Gasteiger partial charge in [0.2, 0.25) is 5.88 Å². The summed E-state index contributed by atoms with van der Waals surface area (Å²) in [6.07, 6.45) is 7.53. The van der Waals surface area contributed by atoms with E-state index in [2.05, 4.69) is 35.3 Å². The van der Waals surface area contributed by atoms with Gasteiger partial charge in [-0.05, 0) is 81.0 Å². The number of carbonyl (C=O) groups excluding carboxylic acids is 1. The molecule has 234 valence electrons. The number of amides is 1. The highest BCUT2D eigenvalue weighted by Crippen LogP contribution is 2.39. The zero-order valence-electron chi connectivity index (χ0n) is 26.7. The van der Waals surface area contributed by atoms with Gasteiger partial charge in [-0.2, -0.15) is 0 Å². The highest BCUT2D eigenvalue weighted by atomic mass is 16.5. The molecule has 5 rings (SSSR count). The molecule has 9 nitrogen and oxygen atoms in total. The van der Waals surface area contributed by atoms with Crippen molar-refractivity contribution in [2.75, 3.05) is 27.2 Å². The fourth-order valence-electron chi connectivity index (χ4n) is 6.90. The number of aryl methyl sites for hydroxylation is 3. The summed E-state index contributed by atoms with van der Waals surface area (Å²) in [7, 11) is 4.09. The second-order valence-corrected chi connectivity index (χ2v) is 13.0. The zero-order valence-corrected chi connectivity index (χ0v) is 26.7. The van der Waals surface area contributed by atoms with Crippen LogP contribution in [0.15, 0.2) is 53.2 Å². The van der Waals surface area contributed by atoms with Gasteiger partial charge in [-0.1, -0.05) is 42.8 Å². The van der Waals surface area contributed by atoms with Crippen LogP contribution in [0, 0.1) is 19.8 Å². The van der Waals surface area contributed by atoms with Crippen molar-refractivity contribution in [1.82, 2.24) is 15.1 Å². The summed E-state index contributed by atoms with van der Waals surface area (Å²) in [5.74, 6) is 0.816. The molecule has 0 spiro atoms. The van der Waals surface area contributed by atoms with Crippen LogP contribution in [0.25, 0.3) is 22.0 Å². The third-order valence-corrected chi connectivity index (χ3v) is 9.36. The minimum atomic E-state index is -1.62. The van der Waals surface area contributed by atoms with Crippen LogP contribution >= 0.6 is 0 Å². The second-order valence-electron chi connectivity index (χ2n) is 13.0. The Labute approximate surface area is 260 Å². The largest absolute Gasteiger partial charge is 0.471 e. The number of carbonyl (C=O) groups is 1. The zero-order chi connectivity index (χ0) is 31.5. The van der Waals surface area contributed by atoms with E-state index in [0.717, 1.165) is 70.4 Å². The summed E-state index contributed by atoms with van der Waals surface area (Å²) in [5, 5.41) is 18.0. The normalized spacial score (nSPS) is 20.6. The molecule has 1 aliphatic rings. The number of pyridine rings is 2. The Hall–Kier alpha value is -3.82. The van der Waals surface area contributed by atoms with E-state index in [9.17, 15) is 9.90 Å². The molecule has 3 aromatic heterocycles. The van der Waals surface area contributed by atoms with E-state index in [-0.39, 0.29) is 12.0 Å². The molecular weight excluding hydrogens is 554 g/mol. The van der Waals surface area contributed by atoms with Gasteiger partial charge in [0.25, 0.3) is 5.91 Å². The van der Waals surface area contributed by atoms with E-state index in [1.165, 1.54) is 0 Å². The van der Waals surface area contributed by atoms with Gasteiger partial charge in [0.05, 0.1) is 31.0 Å². The fourth-order valence-corrected chi connectivity index (χ4v) is 6.90. The van der Waals surface area contributed by atoms with Crippen molar-refractivity contribution in [3.63, 3.8) is 0 Å². The summed E-state index contributed by atoms with van der Waals surface area (Å²) >= 11 is 0. The van der Waals surface area contributed by atoms with E-state index >= 15 is 0 Å². The Kier molecular flexibility index (Phi) is 9.37. The highest BCUT2D eigenvalue weighted by Gasteiger charge is 2.54. The van der Waals surface area contributed by atoms with E-state index in [1.54, 1.807) is 0 Å². The smallest absolute Gasteiger partial charge is 0.255 e. The Morgan fingerprint density at radius 2 is 1.98 bits per heavy atom. The van der Waals surface area contributed by atoms with Crippen LogP contribution < -0.4 is 10.5 Å². The number of benzene rings is 1. The van der Waals surface area contributed by atoms with Gasteiger partial charge in [-0.15, -0.1) is 0 Å². The number of primary amides is 1. The van der Waals surface area contributed by atoms with Crippen molar-refractivity contribution in [2.45, 2.75) is 77.4 Å². The third kappa shape index (κ3) is 6.64. The van der Waals surface area contributed by atoms with Gasteiger partial charge in [0, 0.05) is 23.7 Å². The summed E-state index contributed by atoms with van der Waals surface area (Å²) in [4.78, 5) is 22.3. The first-order chi connectivity index (χ1) is 21.0. The van der Waals surface area contributed by atoms with Gasteiger partial charge >= 0.3 is 0 Å². The number of likely N-dealkylation sites (N-methyl/N-ethyl adjacent to an activating group) is 1. The fraction of sp³-hybridized carbons (Fsp3) is 0.486. The van der Waals surface area contributed by atoms with Crippen LogP contribution in [0.5, 0.6) is 5.88 Å². The number of hydrogen-bond donors (Lipinski definition) is 2. The quantitative estimate of drug-likeness (QED) is 0.211. The van der Waals surface area contributed by atoms with Gasteiger partial charge in [-0.3, -0.25) is 9.78 Å². The molecule has 1 fully saturated rings. The van der Waals surface area contributed by atoms with E-state index < -0.39 is 11.5 Å². The molecular formula is C35H46N5O4+. The van der Waals surface area contributed by atoms with Crippen molar-refractivity contribution in [3.8, 4) is 17.1 Å². The SMILES string of the molecule is CCCCc1cc2ccccc2c(OCC[N+](C)(C)[C@H]2CCC(Cc3ccc(-c4c(C)noc4C)nc3)C[C@@]2(O)C(N)=O)n1. The van der Waals surface area contributed by atoms with E-state index in [1.807, 2.05) is 58.4 Å². The first kappa shape index (κ1) is 31.6. The lowest BCUT2D eigenvalue weighted by Crippen LogP contribution is -2.68.